The van der Waals surface area contributed by atoms with Crippen molar-refractivity contribution in [1.82, 2.24) is 0 Å². The van der Waals surface area contributed by atoms with E-state index in [2.05, 4.69) is 6.92 Å². The molecule has 0 fully saturated rings. The molecule has 3 rings (SSSR count). The summed E-state index contributed by atoms with van der Waals surface area (Å²) < 4.78 is 11.7. The van der Waals surface area contributed by atoms with Crippen LogP contribution in [0.3, 0.4) is 0 Å². The first-order valence-electron chi connectivity index (χ1n) is 7.99. The molecular weight excluding hydrogens is 288 g/mol. The van der Waals surface area contributed by atoms with Crippen molar-refractivity contribution in [1.29, 1.82) is 0 Å². The Labute approximate surface area is 135 Å². The van der Waals surface area contributed by atoms with Crippen LogP contribution in [0.5, 0.6) is 0 Å². The van der Waals surface area contributed by atoms with Gasteiger partial charge in [0, 0.05) is 12.2 Å². The van der Waals surface area contributed by atoms with E-state index in [1.165, 1.54) is 0 Å². The minimum atomic E-state index is -0.0119. The zero-order chi connectivity index (χ0) is 16.1. The van der Waals surface area contributed by atoms with Gasteiger partial charge >= 0.3 is 0 Å². The average molecular weight is 308 g/mol. The standard InChI is InChI=1S/C20H20O3/c1-2-3-13-22-14-17-19(21)16-11-7-8-12-18(16)23-20(17)15-9-5-4-6-10-15/h4-12H,2-3,13-14H2,1H3. The summed E-state index contributed by atoms with van der Waals surface area (Å²) >= 11 is 0. The third-order valence-electron chi connectivity index (χ3n) is 3.82. The van der Waals surface area contributed by atoms with Gasteiger partial charge in [-0.15, -0.1) is 0 Å². The van der Waals surface area contributed by atoms with Crippen molar-refractivity contribution in [2.75, 3.05) is 6.61 Å². The predicted molar refractivity (Wildman–Crippen MR) is 92.5 cm³/mol. The molecule has 0 aliphatic carbocycles. The second-order valence-electron chi connectivity index (χ2n) is 5.51. The highest BCUT2D eigenvalue weighted by Crippen LogP contribution is 2.26. The molecule has 0 aliphatic rings. The van der Waals surface area contributed by atoms with E-state index in [0.29, 0.717) is 28.9 Å². The third kappa shape index (κ3) is 3.35. The Morgan fingerprint density at radius 3 is 2.52 bits per heavy atom. The number of hydrogen-bond acceptors (Lipinski definition) is 3. The number of para-hydroxylation sites is 1. The second-order valence-corrected chi connectivity index (χ2v) is 5.51. The van der Waals surface area contributed by atoms with Gasteiger partial charge in [-0.3, -0.25) is 4.79 Å². The first kappa shape index (κ1) is 15.5. The van der Waals surface area contributed by atoms with E-state index in [9.17, 15) is 4.79 Å². The van der Waals surface area contributed by atoms with Gasteiger partial charge < -0.3 is 9.15 Å². The molecular formula is C20H20O3. The molecule has 3 heteroatoms. The molecule has 0 N–H and O–H groups in total. The minimum absolute atomic E-state index is 0.0119. The Balaban J connectivity index is 2.10. The van der Waals surface area contributed by atoms with Crippen molar-refractivity contribution in [3.63, 3.8) is 0 Å². The molecule has 1 aromatic heterocycles. The van der Waals surface area contributed by atoms with Crippen LogP contribution >= 0.6 is 0 Å². The normalized spacial score (nSPS) is 11.0. The lowest BCUT2D eigenvalue weighted by molar-refractivity contribution is 0.117. The zero-order valence-electron chi connectivity index (χ0n) is 13.2. The Morgan fingerprint density at radius 1 is 1.00 bits per heavy atom. The van der Waals surface area contributed by atoms with Crippen LogP contribution < -0.4 is 5.43 Å². The van der Waals surface area contributed by atoms with E-state index < -0.39 is 0 Å². The van der Waals surface area contributed by atoms with E-state index in [1.54, 1.807) is 6.07 Å². The van der Waals surface area contributed by atoms with E-state index in [1.807, 2.05) is 48.5 Å². The van der Waals surface area contributed by atoms with E-state index >= 15 is 0 Å². The van der Waals surface area contributed by atoms with Crippen LogP contribution in [0.15, 0.2) is 63.8 Å². The second kappa shape index (κ2) is 7.25. The maximum absolute atomic E-state index is 12.8. The average Bonchev–Trinajstić information content (AvgIpc) is 2.61. The van der Waals surface area contributed by atoms with Crippen molar-refractivity contribution in [2.45, 2.75) is 26.4 Å². The zero-order valence-corrected chi connectivity index (χ0v) is 13.2. The molecule has 0 aliphatic heterocycles. The lowest BCUT2D eigenvalue weighted by Gasteiger charge is -2.10. The fourth-order valence-electron chi connectivity index (χ4n) is 2.55. The summed E-state index contributed by atoms with van der Waals surface area (Å²) in [6.45, 7) is 3.04. The van der Waals surface area contributed by atoms with Crippen LogP contribution in [0.2, 0.25) is 0 Å². The number of ether oxygens (including phenoxy) is 1. The molecule has 2 aromatic carbocycles. The number of unbranched alkanes of at least 4 members (excludes halogenated alkanes) is 1. The summed E-state index contributed by atoms with van der Waals surface area (Å²) in [7, 11) is 0. The van der Waals surface area contributed by atoms with Gasteiger partial charge in [-0.1, -0.05) is 55.8 Å². The lowest BCUT2D eigenvalue weighted by atomic mass is 10.1. The summed E-state index contributed by atoms with van der Waals surface area (Å²) in [4.78, 5) is 12.8. The molecule has 3 aromatic rings. The van der Waals surface area contributed by atoms with Gasteiger partial charge in [0.2, 0.25) is 0 Å². The number of hydrogen-bond donors (Lipinski definition) is 0. The van der Waals surface area contributed by atoms with E-state index in [0.717, 1.165) is 18.4 Å². The Bertz CT molecular complexity index is 834. The molecule has 0 bridgehead atoms. The highest BCUT2D eigenvalue weighted by atomic mass is 16.5. The monoisotopic (exact) mass is 308 g/mol. The van der Waals surface area contributed by atoms with Crippen molar-refractivity contribution < 1.29 is 9.15 Å². The van der Waals surface area contributed by atoms with Gasteiger partial charge in [0.1, 0.15) is 11.3 Å². The molecule has 118 valence electrons. The molecule has 0 unspecified atom stereocenters. The summed E-state index contributed by atoms with van der Waals surface area (Å²) in [6.07, 6.45) is 2.05. The van der Waals surface area contributed by atoms with Crippen LogP contribution in [0.4, 0.5) is 0 Å². The highest BCUT2D eigenvalue weighted by Gasteiger charge is 2.15. The lowest BCUT2D eigenvalue weighted by Crippen LogP contribution is -2.13. The minimum Gasteiger partial charge on any atom is -0.455 e. The van der Waals surface area contributed by atoms with Crippen LogP contribution in [0.1, 0.15) is 25.3 Å². The van der Waals surface area contributed by atoms with Gasteiger partial charge in [0.25, 0.3) is 0 Å². The van der Waals surface area contributed by atoms with E-state index in [-0.39, 0.29) is 12.0 Å². The molecule has 0 saturated heterocycles. The Morgan fingerprint density at radius 2 is 1.74 bits per heavy atom. The smallest absolute Gasteiger partial charge is 0.198 e. The molecule has 1 heterocycles. The molecule has 0 radical (unpaired) electrons. The Kier molecular flexibility index (Phi) is 4.89. The fraction of sp³-hybridized carbons (Fsp3) is 0.250. The van der Waals surface area contributed by atoms with Gasteiger partial charge in [0.15, 0.2) is 5.43 Å². The number of rotatable bonds is 6. The predicted octanol–water partition coefficient (Wildman–Crippen LogP) is 4.78. The molecule has 0 saturated carbocycles. The van der Waals surface area contributed by atoms with Crippen molar-refractivity contribution >= 4 is 11.0 Å². The molecule has 0 atom stereocenters. The van der Waals surface area contributed by atoms with Crippen LogP contribution in [-0.2, 0) is 11.3 Å². The van der Waals surface area contributed by atoms with Crippen molar-refractivity contribution in [2.24, 2.45) is 0 Å². The summed E-state index contributed by atoms with van der Waals surface area (Å²) in [5, 5.41) is 0.598. The summed E-state index contributed by atoms with van der Waals surface area (Å²) in [5.41, 5.74) is 2.08. The van der Waals surface area contributed by atoms with Crippen LogP contribution in [0, 0.1) is 0 Å². The topological polar surface area (TPSA) is 39.4 Å². The van der Waals surface area contributed by atoms with Crippen molar-refractivity contribution in [3.05, 3.63) is 70.4 Å². The van der Waals surface area contributed by atoms with Gasteiger partial charge in [-0.2, -0.15) is 0 Å². The van der Waals surface area contributed by atoms with Crippen LogP contribution in [0.25, 0.3) is 22.3 Å². The highest BCUT2D eigenvalue weighted by molar-refractivity contribution is 5.80. The van der Waals surface area contributed by atoms with Gasteiger partial charge in [-0.25, -0.2) is 0 Å². The quantitative estimate of drug-likeness (QED) is 0.615. The van der Waals surface area contributed by atoms with E-state index in [4.69, 9.17) is 9.15 Å². The Hall–Kier alpha value is -2.39. The first-order chi connectivity index (χ1) is 11.3. The molecule has 0 spiro atoms. The molecule has 23 heavy (non-hydrogen) atoms. The maximum Gasteiger partial charge on any atom is 0.198 e. The van der Waals surface area contributed by atoms with Gasteiger partial charge in [0.05, 0.1) is 17.6 Å². The molecule has 0 amide bonds. The van der Waals surface area contributed by atoms with Crippen molar-refractivity contribution in [3.8, 4) is 11.3 Å². The number of fused-ring (bicyclic) bond motifs is 1. The summed E-state index contributed by atoms with van der Waals surface area (Å²) in [6, 6.07) is 17.1. The third-order valence-corrected chi connectivity index (χ3v) is 3.82. The van der Waals surface area contributed by atoms with Gasteiger partial charge in [-0.05, 0) is 18.6 Å². The van der Waals surface area contributed by atoms with Crippen LogP contribution in [-0.4, -0.2) is 6.61 Å². The fourth-order valence-corrected chi connectivity index (χ4v) is 2.55. The molecule has 3 nitrogen and oxygen atoms in total. The SMILES string of the molecule is CCCCOCc1c(-c2ccccc2)oc2ccccc2c1=O. The largest absolute Gasteiger partial charge is 0.455 e. The maximum atomic E-state index is 12.8. The summed E-state index contributed by atoms with van der Waals surface area (Å²) in [5.74, 6) is 0.603. The first-order valence-corrected chi connectivity index (χ1v) is 7.99. The number of benzene rings is 2.